The third-order valence-electron chi connectivity index (χ3n) is 2.03. The maximum Gasteiger partial charge on any atom is 0.335 e. The van der Waals surface area contributed by atoms with Gasteiger partial charge in [-0.05, 0) is 18.2 Å². The maximum atomic E-state index is 12.4. The molecule has 0 fully saturated rings. The number of hydrogen-bond acceptors (Lipinski definition) is 2. The number of hydrogen-bond donors (Lipinski definition) is 1. The van der Waals surface area contributed by atoms with Gasteiger partial charge in [-0.25, -0.2) is 9.48 Å². The van der Waals surface area contributed by atoms with Gasteiger partial charge in [0, 0.05) is 5.39 Å². The zero-order valence-electron chi connectivity index (χ0n) is 7.39. The lowest BCUT2D eigenvalue weighted by Crippen LogP contribution is -2.00. The molecule has 0 saturated heterocycles. The van der Waals surface area contributed by atoms with Crippen molar-refractivity contribution in [1.82, 2.24) is 9.78 Å². The van der Waals surface area contributed by atoms with Crippen LogP contribution in [0.5, 0.6) is 0 Å². The van der Waals surface area contributed by atoms with Crippen LogP contribution < -0.4 is 0 Å². The van der Waals surface area contributed by atoms with E-state index in [4.69, 9.17) is 5.11 Å². The first-order chi connectivity index (χ1) is 7.09. The average molecular weight is 212 g/mol. The Labute approximate surface area is 82.7 Å². The number of carbonyl (C=O) groups is 1. The largest absolute Gasteiger partial charge is 0.478 e. The predicted molar refractivity (Wildman–Crippen MR) is 47.9 cm³/mol. The summed E-state index contributed by atoms with van der Waals surface area (Å²) in [6.45, 7) is -2.72. The van der Waals surface area contributed by atoms with Crippen molar-refractivity contribution in [2.45, 2.75) is 6.55 Å². The Morgan fingerprint density at radius 1 is 1.47 bits per heavy atom. The number of carboxylic acids is 1. The molecule has 78 valence electrons. The van der Waals surface area contributed by atoms with E-state index in [-0.39, 0.29) is 11.1 Å². The molecule has 0 aliphatic heterocycles. The van der Waals surface area contributed by atoms with E-state index in [1.165, 1.54) is 24.4 Å². The van der Waals surface area contributed by atoms with Crippen LogP contribution in [0.3, 0.4) is 0 Å². The molecule has 1 aromatic carbocycles. The summed E-state index contributed by atoms with van der Waals surface area (Å²) in [7, 11) is 0. The Morgan fingerprint density at radius 3 is 2.80 bits per heavy atom. The van der Waals surface area contributed by atoms with E-state index in [0.717, 1.165) is 0 Å². The fourth-order valence-corrected chi connectivity index (χ4v) is 1.34. The minimum atomic E-state index is -2.72. The second kappa shape index (κ2) is 3.30. The highest BCUT2D eigenvalue weighted by atomic mass is 19.3. The van der Waals surface area contributed by atoms with Crippen molar-refractivity contribution >= 4 is 16.9 Å². The lowest BCUT2D eigenvalue weighted by Gasteiger charge is -2.00. The highest BCUT2D eigenvalue weighted by Crippen LogP contribution is 2.20. The van der Waals surface area contributed by atoms with Gasteiger partial charge in [-0.1, -0.05) is 0 Å². The van der Waals surface area contributed by atoms with Crippen molar-refractivity contribution in [3.63, 3.8) is 0 Å². The summed E-state index contributed by atoms with van der Waals surface area (Å²) < 4.78 is 25.3. The third kappa shape index (κ3) is 1.54. The molecule has 2 aromatic rings. The highest BCUT2D eigenvalue weighted by Gasteiger charge is 2.12. The lowest BCUT2D eigenvalue weighted by atomic mass is 10.2. The predicted octanol–water partition coefficient (Wildman–Crippen LogP) is 2.13. The first-order valence-electron chi connectivity index (χ1n) is 4.08. The number of benzene rings is 1. The van der Waals surface area contributed by atoms with Gasteiger partial charge in [0.05, 0.1) is 17.3 Å². The fraction of sp³-hybridized carbons (Fsp3) is 0.111. The van der Waals surface area contributed by atoms with Gasteiger partial charge in [-0.2, -0.15) is 13.9 Å². The molecule has 0 aliphatic rings. The number of nitrogens with zero attached hydrogens (tertiary/aromatic N) is 2. The summed E-state index contributed by atoms with van der Waals surface area (Å²) in [6.07, 6.45) is 1.22. The number of aromatic carboxylic acids is 1. The van der Waals surface area contributed by atoms with E-state index in [1.54, 1.807) is 0 Å². The summed E-state index contributed by atoms with van der Waals surface area (Å²) in [5, 5.41) is 12.5. The molecule has 0 atom stereocenters. The van der Waals surface area contributed by atoms with Crippen LogP contribution in [-0.4, -0.2) is 20.9 Å². The van der Waals surface area contributed by atoms with Crippen molar-refractivity contribution in [3.8, 4) is 0 Å². The molecule has 6 heteroatoms. The summed E-state index contributed by atoms with van der Waals surface area (Å²) in [5.41, 5.74) is 0.270. The smallest absolute Gasteiger partial charge is 0.335 e. The zero-order valence-corrected chi connectivity index (χ0v) is 7.39. The van der Waals surface area contributed by atoms with Crippen molar-refractivity contribution in [2.24, 2.45) is 0 Å². The van der Waals surface area contributed by atoms with Crippen LogP contribution in [0.1, 0.15) is 16.9 Å². The van der Waals surface area contributed by atoms with Crippen molar-refractivity contribution < 1.29 is 18.7 Å². The van der Waals surface area contributed by atoms with Crippen LogP contribution in [0, 0.1) is 0 Å². The van der Waals surface area contributed by atoms with Gasteiger partial charge < -0.3 is 5.11 Å². The highest BCUT2D eigenvalue weighted by molar-refractivity contribution is 5.93. The molecule has 1 aromatic heterocycles. The number of alkyl halides is 2. The van der Waals surface area contributed by atoms with Gasteiger partial charge >= 0.3 is 12.5 Å². The second-order valence-electron chi connectivity index (χ2n) is 2.95. The van der Waals surface area contributed by atoms with E-state index >= 15 is 0 Å². The molecule has 0 spiro atoms. The second-order valence-corrected chi connectivity index (χ2v) is 2.95. The standard InChI is InChI=1S/C9H6F2N2O2/c10-9(11)13-7-2-1-5(8(14)15)3-6(7)4-12-13/h1-4,9H,(H,14,15). The first kappa shape index (κ1) is 9.57. The third-order valence-corrected chi connectivity index (χ3v) is 2.03. The van der Waals surface area contributed by atoms with Gasteiger partial charge in [0.1, 0.15) is 0 Å². The summed E-state index contributed by atoms with van der Waals surface area (Å²) in [4.78, 5) is 10.6. The van der Waals surface area contributed by atoms with Crippen LogP contribution in [-0.2, 0) is 0 Å². The molecular formula is C9H6F2N2O2. The number of rotatable bonds is 2. The van der Waals surface area contributed by atoms with Crippen LogP contribution in [0.25, 0.3) is 10.9 Å². The summed E-state index contributed by atoms with van der Waals surface area (Å²) >= 11 is 0. The van der Waals surface area contributed by atoms with E-state index in [0.29, 0.717) is 10.1 Å². The molecule has 1 N–H and O–H groups in total. The Kier molecular flexibility index (Phi) is 2.11. The zero-order chi connectivity index (χ0) is 11.0. The monoisotopic (exact) mass is 212 g/mol. The molecule has 4 nitrogen and oxygen atoms in total. The molecule has 1 heterocycles. The van der Waals surface area contributed by atoms with Gasteiger partial charge in [0.2, 0.25) is 0 Å². The number of carboxylic acid groups (broad SMARTS) is 1. The van der Waals surface area contributed by atoms with Crippen molar-refractivity contribution in [1.29, 1.82) is 0 Å². The van der Waals surface area contributed by atoms with E-state index in [1.807, 2.05) is 0 Å². The minimum absolute atomic E-state index is 0.0521. The van der Waals surface area contributed by atoms with Gasteiger partial charge in [0.25, 0.3) is 0 Å². The Hall–Kier alpha value is -1.98. The Morgan fingerprint density at radius 2 is 2.20 bits per heavy atom. The van der Waals surface area contributed by atoms with Gasteiger partial charge in [-0.15, -0.1) is 0 Å². The Balaban J connectivity index is 2.61. The summed E-state index contributed by atoms with van der Waals surface area (Å²) in [5.74, 6) is -1.10. The van der Waals surface area contributed by atoms with Gasteiger partial charge in [0.15, 0.2) is 0 Å². The maximum absolute atomic E-state index is 12.4. The average Bonchev–Trinajstić information content (AvgIpc) is 2.59. The molecule has 0 aliphatic carbocycles. The normalized spacial score (nSPS) is 11.1. The van der Waals surface area contributed by atoms with Crippen molar-refractivity contribution in [2.75, 3.05) is 0 Å². The van der Waals surface area contributed by atoms with Crippen LogP contribution in [0.15, 0.2) is 24.4 Å². The lowest BCUT2D eigenvalue weighted by molar-refractivity contribution is 0.0615. The quantitative estimate of drug-likeness (QED) is 0.829. The SMILES string of the molecule is O=C(O)c1ccc2c(cnn2C(F)F)c1. The fourth-order valence-electron chi connectivity index (χ4n) is 1.34. The summed E-state index contributed by atoms with van der Waals surface area (Å²) in [6, 6.07) is 3.90. The number of fused-ring (bicyclic) bond motifs is 1. The van der Waals surface area contributed by atoms with E-state index in [2.05, 4.69) is 5.10 Å². The molecule has 0 bridgehead atoms. The van der Waals surface area contributed by atoms with Crippen molar-refractivity contribution in [3.05, 3.63) is 30.0 Å². The molecule has 0 saturated carbocycles. The molecule has 0 radical (unpaired) electrons. The molecular weight excluding hydrogens is 206 g/mol. The van der Waals surface area contributed by atoms with Gasteiger partial charge in [-0.3, -0.25) is 0 Å². The van der Waals surface area contributed by atoms with E-state index in [9.17, 15) is 13.6 Å². The molecule has 0 unspecified atom stereocenters. The van der Waals surface area contributed by atoms with E-state index < -0.39 is 12.5 Å². The minimum Gasteiger partial charge on any atom is -0.478 e. The molecule has 2 rings (SSSR count). The van der Waals surface area contributed by atoms with Crippen LogP contribution >= 0.6 is 0 Å². The molecule has 15 heavy (non-hydrogen) atoms. The number of halogens is 2. The van der Waals surface area contributed by atoms with Crippen LogP contribution in [0.4, 0.5) is 8.78 Å². The topological polar surface area (TPSA) is 55.1 Å². The van der Waals surface area contributed by atoms with Crippen LogP contribution in [0.2, 0.25) is 0 Å². The Bertz CT molecular complexity index is 522. The molecule has 0 amide bonds. The number of aromatic nitrogens is 2. The first-order valence-corrected chi connectivity index (χ1v) is 4.08.